The van der Waals surface area contributed by atoms with Gasteiger partial charge < -0.3 is 10.1 Å². The zero-order valence-electron chi connectivity index (χ0n) is 12.2. The zero-order chi connectivity index (χ0) is 14.6. The molecule has 0 aliphatic heterocycles. The van der Waals surface area contributed by atoms with E-state index in [-0.39, 0.29) is 18.1 Å². The first-order valence-corrected chi connectivity index (χ1v) is 6.33. The van der Waals surface area contributed by atoms with E-state index in [2.05, 4.69) is 19.2 Å². The fraction of sp³-hybridized carbons (Fsp3) is 0.467. The maximum absolute atomic E-state index is 11.6. The minimum Gasteiger partial charge on any atom is -0.496 e. The van der Waals surface area contributed by atoms with E-state index in [9.17, 15) is 9.59 Å². The highest BCUT2D eigenvalue weighted by atomic mass is 16.5. The maximum atomic E-state index is 11.6. The van der Waals surface area contributed by atoms with Crippen LogP contribution >= 0.6 is 0 Å². The molecule has 0 heterocycles. The second-order valence-electron chi connectivity index (χ2n) is 4.99. The number of carbonyl (C=O) groups is 2. The second-order valence-corrected chi connectivity index (χ2v) is 4.99. The van der Waals surface area contributed by atoms with Crippen molar-refractivity contribution in [2.45, 2.75) is 40.0 Å². The Kier molecular flexibility index (Phi) is 5.10. The van der Waals surface area contributed by atoms with E-state index in [0.717, 1.165) is 22.6 Å². The van der Waals surface area contributed by atoms with Gasteiger partial charge in [-0.2, -0.15) is 0 Å². The standard InChI is InChI=1S/C15H21NO3/c1-9(2)12-8-13(10(3)6-14(12)19-5)16-15(18)7-11(4)17/h6,8-9H,7H2,1-5H3,(H,16,18). The van der Waals surface area contributed by atoms with Crippen LogP contribution in [0.15, 0.2) is 12.1 Å². The predicted octanol–water partition coefficient (Wildman–Crippen LogP) is 3.04. The van der Waals surface area contributed by atoms with Gasteiger partial charge in [0.15, 0.2) is 0 Å². The minimum atomic E-state index is -0.282. The molecule has 1 amide bonds. The number of nitrogens with one attached hydrogen (secondary N) is 1. The van der Waals surface area contributed by atoms with Crippen molar-refractivity contribution >= 4 is 17.4 Å². The summed E-state index contributed by atoms with van der Waals surface area (Å²) in [4.78, 5) is 22.6. The number of methoxy groups -OCH3 is 1. The highest BCUT2D eigenvalue weighted by molar-refractivity contribution is 6.03. The topological polar surface area (TPSA) is 55.4 Å². The smallest absolute Gasteiger partial charge is 0.231 e. The molecule has 0 bridgehead atoms. The van der Waals surface area contributed by atoms with E-state index in [1.165, 1.54) is 6.92 Å². The van der Waals surface area contributed by atoms with Crippen LogP contribution in [-0.4, -0.2) is 18.8 Å². The highest BCUT2D eigenvalue weighted by Gasteiger charge is 2.13. The fourth-order valence-electron chi connectivity index (χ4n) is 1.88. The quantitative estimate of drug-likeness (QED) is 0.831. The molecule has 1 N–H and O–H groups in total. The van der Waals surface area contributed by atoms with Crippen LogP contribution in [0.1, 0.15) is 44.2 Å². The predicted molar refractivity (Wildman–Crippen MR) is 75.7 cm³/mol. The van der Waals surface area contributed by atoms with Crippen LogP contribution in [0.25, 0.3) is 0 Å². The molecule has 19 heavy (non-hydrogen) atoms. The SMILES string of the molecule is COc1cc(C)c(NC(=O)CC(C)=O)cc1C(C)C. The molecular weight excluding hydrogens is 242 g/mol. The Morgan fingerprint density at radius 2 is 1.95 bits per heavy atom. The van der Waals surface area contributed by atoms with Crippen molar-refractivity contribution < 1.29 is 14.3 Å². The van der Waals surface area contributed by atoms with Crippen LogP contribution in [0.3, 0.4) is 0 Å². The first-order chi connectivity index (χ1) is 8.85. The number of hydrogen-bond donors (Lipinski definition) is 1. The number of aryl methyl sites for hydroxylation is 1. The number of amides is 1. The lowest BCUT2D eigenvalue weighted by atomic mass is 9.99. The Morgan fingerprint density at radius 3 is 2.42 bits per heavy atom. The fourth-order valence-corrected chi connectivity index (χ4v) is 1.88. The normalized spacial score (nSPS) is 10.4. The van der Waals surface area contributed by atoms with Gasteiger partial charge in [-0.25, -0.2) is 0 Å². The highest BCUT2D eigenvalue weighted by Crippen LogP contribution is 2.32. The summed E-state index contributed by atoms with van der Waals surface area (Å²) in [6.45, 7) is 7.43. The van der Waals surface area contributed by atoms with Crippen molar-refractivity contribution in [3.8, 4) is 5.75 Å². The molecule has 4 heteroatoms. The molecular formula is C15H21NO3. The number of anilines is 1. The number of rotatable bonds is 5. The van der Waals surface area contributed by atoms with Crippen LogP contribution in [-0.2, 0) is 9.59 Å². The third kappa shape index (κ3) is 4.09. The van der Waals surface area contributed by atoms with E-state index >= 15 is 0 Å². The molecule has 0 saturated carbocycles. The number of benzene rings is 1. The number of carbonyl (C=O) groups excluding carboxylic acids is 2. The van der Waals surface area contributed by atoms with E-state index in [0.29, 0.717) is 5.92 Å². The van der Waals surface area contributed by atoms with Gasteiger partial charge in [-0.3, -0.25) is 9.59 Å². The first kappa shape index (κ1) is 15.2. The van der Waals surface area contributed by atoms with Crippen molar-refractivity contribution in [2.75, 3.05) is 12.4 Å². The summed E-state index contributed by atoms with van der Waals surface area (Å²) in [5.74, 6) is 0.680. The summed E-state index contributed by atoms with van der Waals surface area (Å²) < 4.78 is 5.35. The van der Waals surface area contributed by atoms with E-state index < -0.39 is 0 Å². The Labute approximate surface area is 114 Å². The summed E-state index contributed by atoms with van der Waals surface area (Å²) in [5, 5.41) is 2.77. The van der Waals surface area contributed by atoms with Gasteiger partial charge in [0, 0.05) is 5.69 Å². The van der Waals surface area contributed by atoms with E-state index in [1.54, 1.807) is 7.11 Å². The van der Waals surface area contributed by atoms with Crippen LogP contribution in [0, 0.1) is 6.92 Å². The average molecular weight is 263 g/mol. The van der Waals surface area contributed by atoms with Crippen molar-refractivity contribution in [2.24, 2.45) is 0 Å². The lowest BCUT2D eigenvalue weighted by Gasteiger charge is -2.16. The van der Waals surface area contributed by atoms with Crippen molar-refractivity contribution in [3.05, 3.63) is 23.3 Å². The van der Waals surface area contributed by atoms with E-state index in [4.69, 9.17) is 4.74 Å². The Morgan fingerprint density at radius 1 is 1.32 bits per heavy atom. The molecule has 0 aromatic heterocycles. The Balaban J connectivity index is 3.04. The van der Waals surface area contributed by atoms with Gasteiger partial charge in [0.05, 0.1) is 13.5 Å². The third-order valence-corrected chi connectivity index (χ3v) is 2.88. The van der Waals surface area contributed by atoms with Gasteiger partial charge in [0.1, 0.15) is 11.5 Å². The van der Waals surface area contributed by atoms with Gasteiger partial charge in [0.2, 0.25) is 5.91 Å². The lowest BCUT2D eigenvalue weighted by molar-refractivity contribution is -0.124. The third-order valence-electron chi connectivity index (χ3n) is 2.88. The Bertz CT molecular complexity index is 492. The van der Waals surface area contributed by atoms with Gasteiger partial charge >= 0.3 is 0 Å². The van der Waals surface area contributed by atoms with Gasteiger partial charge in [-0.15, -0.1) is 0 Å². The van der Waals surface area contributed by atoms with E-state index in [1.807, 2.05) is 19.1 Å². The molecule has 0 saturated heterocycles. The molecule has 0 spiro atoms. The number of ketones is 1. The molecule has 1 rings (SSSR count). The molecule has 104 valence electrons. The summed E-state index contributed by atoms with van der Waals surface area (Å²) in [7, 11) is 1.63. The monoisotopic (exact) mass is 263 g/mol. The summed E-state index contributed by atoms with van der Waals surface area (Å²) >= 11 is 0. The molecule has 0 radical (unpaired) electrons. The summed E-state index contributed by atoms with van der Waals surface area (Å²) in [5.41, 5.74) is 2.68. The zero-order valence-corrected chi connectivity index (χ0v) is 12.2. The molecule has 1 aromatic rings. The average Bonchev–Trinajstić information content (AvgIpc) is 2.29. The molecule has 1 aromatic carbocycles. The molecule has 0 aliphatic carbocycles. The largest absolute Gasteiger partial charge is 0.496 e. The first-order valence-electron chi connectivity index (χ1n) is 6.33. The van der Waals surface area contributed by atoms with Crippen LogP contribution in [0.4, 0.5) is 5.69 Å². The molecule has 4 nitrogen and oxygen atoms in total. The molecule has 0 fully saturated rings. The minimum absolute atomic E-state index is 0.0948. The maximum Gasteiger partial charge on any atom is 0.231 e. The lowest BCUT2D eigenvalue weighted by Crippen LogP contribution is -2.15. The van der Waals surface area contributed by atoms with Crippen molar-refractivity contribution in [3.63, 3.8) is 0 Å². The van der Waals surface area contributed by atoms with Gasteiger partial charge in [0.25, 0.3) is 0 Å². The van der Waals surface area contributed by atoms with Crippen LogP contribution in [0.2, 0.25) is 0 Å². The number of ether oxygens (including phenoxy) is 1. The molecule has 0 aliphatic rings. The van der Waals surface area contributed by atoms with Gasteiger partial charge in [-0.05, 0) is 43.0 Å². The van der Waals surface area contributed by atoms with Gasteiger partial charge in [-0.1, -0.05) is 13.8 Å². The van der Waals surface area contributed by atoms with Crippen molar-refractivity contribution in [1.29, 1.82) is 0 Å². The van der Waals surface area contributed by atoms with Crippen LogP contribution in [0.5, 0.6) is 5.75 Å². The number of Topliss-reactive ketones (excluding diaryl/α,β-unsaturated/α-hetero) is 1. The summed E-state index contributed by atoms with van der Waals surface area (Å²) in [6.07, 6.45) is -0.0948. The summed E-state index contributed by atoms with van der Waals surface area (Å²) in [6, 6.07) is 3.82. The number of hydrogen-bond acceptors (Lipinski definition) is 3. The second kappa shape index (κ2) is 6.36. The molecule has 0 unspecified atom stereocenters. The molecule has 0 atom stereocenters. The Hall–Kier alpha value is -1.84. The van der Waals surface area contributed by atoms with Crippen LogP contribution < -0.4 is 10.1 Å². The van der Waals surface area contributed by atoms with Crippen molar-refractivity contribution in [1.82, 2.24) is 0 Å².